The third kappa shape index (κ3) is 10.0. The first-order valence-corrected chi connectivity index (χ1v) is 19.7. The van der Waals surface area contributed by atoms with Crippen molar-refractivity contribution < 1.29 is 38.9 Å². The first kappa shape index (κ1) is 42.9. The molecule has 1 fully saturated rings. The van der Waals surface area contributed by atoms with E-state index in [4.69, 9.17) is 4.74 Å². The number of likely N-dealkylation sites (N-methyl/N-ethyl adjacent to an activating group) is 2. The molecule has 13 heteroatoms. The van der Waals surface area contributed by atoms with Gasteiger partial charge in [0, 0.05) is 33.0 Å². The molecule has 306 valence electrons. The molecular weight excluding hydrogens is 727 g/mol. The number of rotatable bonds is 15. The highest BCUT2D eigenvalue weighted by atomic mass is 16.6. The van der Waals surface area contributed by atoms with E-state index in [1.165, 1.54) is 42.6 Å². The lowest BCUT2D eigenvalue weighted by atomic mass is 9.98. The molecular formula is C44H57N5O8. The average molecular weight is 784 g/mol. The van der Waals surface area contributed by atoms with Crippen molar-refractivity contribution in [1.82, 2.24) is 25.3 Å². The summed E-state index contributed by atoms with van der Waals surface area (Å²) in [6, 6.07) is 20.2. The summed E-state index contributed by atoms with van der Waals surface area (Å²) in [6.45, 7) is 8.54. The number of nitrogens with zero attached hydrogens (tertiary/aromatic N) is 3. The molecule has 0 radical (unpaired) electrons. The molecule has 1 heterocycles. The standard InChI is InChI=1S/C44H57N5O8/c1-27(2)24-36(45-40(51)29(4)48(7)43(54)57-26-35-33-20-13-11-18-31(33)32-19-12-14-21-34(32)35)41(52)47(6)28(3)39(50)46-37(25-30-16-9-8-10-17-30)42(53)49-23-15-22-38(49)44(5,55)56/h8-14,16-21,27-29,35-38,55-56H,15,22-26H2,1-7H3,(H,45,51)(H,46,50)/t28-,29-,36-,37-,38-/m0/s1. The van der Waals surface area contributed by atoms with E-state index in [2.05, 4.69) is 10.6 Å². The zero-order chi connectivity index (χ0) is 41.6. The fourth-order valence-corrected chi connectivity index (χ4v) is 7.77. The molecule has 5 atom stereocenters. The van der Waals surface area contributed by atoms with Crippen LogP contribution in [0.2, 0.25) is 0 Å². The fourth-order valence-electron chi connectivity index (χ4n) is 7.77. The molecule has 1 saturated heterocycles. The van der Waals surface area contributed by atoms with Gasteiger partial charge in [0.05, 0.1) is 6.04 Å². The van der Waals surface area contributed by atoms with Crippen LogP contribution in [-0.2, 0) is 30.3 Å². The van der Waals surface area contributed by atoms with Crippen molar-refractivity contribution in [2.75, 3.05) is 27.2 Å². The van der Waals surface area contributed by atoms with E-state index in [1.54, 1.807) is 6.92 Å². The minimum Gasteiger partial charge on any atom is -0.448 e. The fraction of sp³-hybridized carbons (Fsp3) is 0.477. The number of carbonyl (C=O) groups excluding carboxylic acids is 5. The van der Waals surface area contributed by atoms with E-state index in [-0.39, 0.29) is 31.3 Å². The second-order valence-corrected chi connectivity index (χ2v) is 15.9. The van der Waals surface area contributed by atoms with Crippen LogP contribution >= 0.6 is 0 Å². The van der Waals surface area contributed by atoms with Crippen molar-refractivity contribution in [2.45, 2.75) is 102 Å². The third-order valence-corrected chi connectivity index (χ3v) is 11.3. The Hall–Kier alpha value is -5.27. The Morgan fingerprint density at radius 2 is 1.32 bits per heavy atom. The minimum absolute atomic E-state index is 0.0167. The van der Waals surface area contributed by atoms with E-state index < -0.39 is 65.7 Å². The second kappa shape index (κ2) is 18.3. The van der Waals surface area contributed by atoms with Crippen LogP contribution in [-0.4, -0.2) is 118 Å². The summed E-state index contributed by atoms with van der Waals surface area (Å²) in [5, 5.41) is 26.4. The molecule has 0 spiro atoms. The van der Waals surface area contributed by atoms with Gasteiger partial charge in [-0.1, -0.05) is 92.7 Å². The number of amides is 5. The lowest BCUT2D eigenvalue weighted by Gasteiger charge is -2.35. The molecule has 1 aliphatic heterocycles. The van der Waals surface area contributed by atoms with E-state index >= 15 is 0 Å². The molecule has 2 aliphatic rings. The van der Waals surface area contributed by atoms with Gasteiger partial charge >= 0.3 is 6.09 Å². The molecule has 0 bridgehead atoms. The third-order valence-electron chi connectivity index (χ3n) is 11.3. The van der Waals surface area contributed by atoms with Crippen LogP contribution in [0.3, 0.4) is 0 Å². The molecule has 1 aliphatic carbocycles. The second-order valence-electron chi connectivity index (χ2n) is 15.9. The Balaban J connectivity index is 1.22. The molecule has 3 aromatic rings. The summed E-state index contributed by atoms with van der Waals surface area (Å²) < 4.78 is 5.76. The van der Waals surface area contributed by atoms with Gasteiger partial charge in [0.1, 0.15) is 30.8 Å². The molecule has 3 aromatic carbocycles. The quantitative estimate of drug-likeness (QED) is 0.168. The molecule has 0 aromatic heterocycles. The highest BCUT2D eigenvalue weighted by Gasteiger charge is 2.43. The minimum atomic E-state index is -2.12. The lowest BCUT2D eigenvalue weighted by molar-refractivity contribution is -0.191. The summed E-state index contributed by atoms with van der Waals surface area (Å²) in [6.07, 6.45) is 0.703. The maximum Gasteiger partial charge on any atom is 0.410 e. The van der Waals surface area contributed by atoms with Crippen LogP contribution in [0.15, 0.2) is 78.9 Å². The normalized spacial score (nSPS) is 17.2. The Morgan fingerprint density at radius 1 is 0.789 bits per heavy atom. The van der Waals surface area contributed by atoms with E-state index in [0.29, 0.717) is 19.4 Å². The number of ether oxygens (including phenoxy) is 1. The van der Waals surface area contributed by atoms with Gasteiger partial charge in [0.2, 0.25) is 23.6 Å². The molecule has 0 unspecified atom stereocenters. The van der Waals surface area contributed by atoms with E-state index in [9.17, 15) is 34.2 Å². The topological polar surface area (TPSA) is 169 Å². The van der Waals surface area contributed by atoms with Gasteiger partial charge in [-0.3, -0.25) is 24.1 Å². The van der Waals surface area contributed by atoms with Crippen LogP contribution in [0.5, 0.6) is 0 Å². The lowest BCUT2D eigenvalue weighted by Crippen LogP contribution is -2.59. The van der Waals surface area contributed by atoms with E-state index in [1.807, 2.05) is 92.7 Å². The Kier molecular flexibility index (Phi) is 13.8. The molecule has 5 amide bonds. The maximum absolute atomic E-state index is 14.0. The Bertz CT molecular complexity index is 1870. The smallest absolute Gasteiger partial charge is 0.410 e. The highest BCUT2D eigenvalue weighted by Crippen LogP contribution is 2.44. The summed E-state index contributed by atoms with van der Waals surface area (Å²) in [4.78, 5) is 72.5. The molecule has 13 nitrogen and oxygen atoms in total. The average Bonchev–Trinajstić information content (AvgIpc) is 3.82. The molecule has 5 rings (SSSR count). The molecule has 4 N–H and O–H groups in total. The van der Waals surface area contributed by atoms with Gasteiger partial charge in [0.25, 0.3) is 0 Å². The van der Waals surface area contributed by atoms with Gasteiger partial charge in [-0.25, -0.2) is 4.79 Å². The van der Waals surface area contributed by atoms with Crippen LogP contribution < -0.4 is 10.6 Å². The van der Waals surface area contributed by atoms with Crippen molar-refractivity contribution in [3.8, 4) is 11.1 Å². The highest BCUT2D eigenvalue weighted by molar-refractivity contribution is 5.95. The number of carbonyl (C=O) groups is 5. The van der Waals surface area contributed by atoms with Crippen LogP contribution in [0.4, 0.5) is 4.79 Å². The SMILES string of the molecule is CC(C)C[C@H](NC(=O)[C@H](C)N(C)C(=O)OCC1c2ccccc2-c2ccccc21)C(=O)N(C)[C@@H](C)C(=O)N[C@@H](Cc1ccccc1)C(=O)N1CCC[C@H]1C(C)(O)O. The van der Waals surface area contributed by atoms with Gasteiger partial charge in [-0.2, -0.15) is 0 Å². The maximum atomic E-state index is 14.0. The van der Waals surface area contributed by atoms with Crippen molar-refractivity contribution in [3.63, 3.8) is 0 Å². The van der Waals surface area contributed by atoms with Gasteiger partial charge in [-0.15, -0.1) is 0 Å². The van der Waals surface area contributed by atoms with E-state index in [0.717, 1.165) is 27.8 Å². The predicted octanol–water partition coefficient (Wildman–Crippen LogP) is 4.05. The van der Waals surface area contributed by atoms with Crippen LogP contribution in [0, 0.1) is 5.92 Å². The van der Waals surface area contributed by atoms with Crippen molar-refractivity contribution in [2.24, 2.45) is 5.92 Å². The largest absolute Gasteiger partial charge is 0.448 e. The van der Waals surface area contributed by atoms with Gasteiger partial charge in [0.15, 0.2) is 5.79 Å². The number of hydrogen-bond donors (Lipinski definition) is 4. The van der Waals surface area contributed by atoms with Crippen LogP contribution in [0.25, 0.3) is 11.1 Å². The summed E-state index contributed by atoms with van der Waals surface area (Å²) in [7, 11) is 2.94. The van der Waals surface area contributed by atoms with Gasteiger partial charge in [-0.05, 0) is 73.8 Å². The van der Waals surface area contributed by atoms with Crippen molar-refractivity contribution >= 4 is 29.7 Å². The number of hydrogen-bond acceptors (Lipinski definition) is 8. The molecule has 57 heavy (non-hydrogen) atoms. The molecule has 0 saturated carbocycles. The zero-order valence-electron chi connectivity index (χ0n) is 34.0. The van der Waals surface area contributed by atoms with Crippen LogP contribution in [0.1, 0.15) is 76.5 Å². The zero-order valence-corrected chi connectivity index (χ0v) is 34.0. The Morgan fingerprint density at radius 3 is 1.88 bits per heavy atom. The number of likely N-dealkylation sites (tertiary alicyclic amines) is 1. The predicted molar refractivity (Wildman–Crippen MR) is 216 cm³/mol. The monoisotopic (exact) mass is 783 g/mol. The number of nitrogens with one attached hydrogen (secondary N) is 2. The first-order valence-electron chi connectivity index (χ1n) is 19.7. The summed E-state index contributed by atoms with van der Waals surface area (Å²) >= 11 is 0. The summed E-state index contributed by atoms with van der Waals surface area (Å²) in [5.41, 5.74) is 5.12. The van der Waals surface area contributed by atoms with Gasteiger partial charge < -0.3 is 35.4 Å². The van der Waals surface area contributed by atoms with Crippen molar-refractivity contribution in [1.29, 1.82) is 0 Å². The Labute approximate surface area is 335 Å². The summed E-state index contributed by atoms with van der Waals surface area (Å²) in [5.74, 6) is -4.42. The first-order chi connectivity index (χ1) is 27.0. The number of aliphatic hydroxyl groups is 2. The number of fused-ring (bicyclic) bond motifs is 3. The number of benzene rings is 3. The van der Waals surface area contributed by atoms with Crippen molar-refractivity contribution in [3.05, 3.63) is 95.6 Å².